The number of nitrogens with one attached hydrogen (secondary N) is 1. The van der Waals surface area contributed by atoms with Crippen LogP contribution in [0.1, 0.15) is 17.5 Å². The molecule has 128 valence electrons. The number of aryl methyl sites for hydroxylation is 2. The summed E-state index contributed by atoms with van der Waals surface area (Å²) in [6.07, 6.45) is 0.612. The van der Waals surface area contributed by atoms with Crippen LogP contribution < -0.4 is 5.32 Å². The van der Waals surface area contributed by atoms with E-state index in [1.165, 1.54) is 0 Å². The van der Waals surface area contributed by atoms with Gasteiger partial charge in [0.25, 0.3) is 0 Å². The van der Waals surface area contributed by atoms with Gasteiger partial charge in [0.05, 0.1) is 18.1 Å². The number of anilines is 1. The Bertz CT molecular complexity index is 654. The first-order valence-corrected chi connectivity index (χ1v) is 9.89. The summed E-state index contributed by atoms with van der Waals surface area (Å²) < 4.78 is 28.7. The Morgan fingerprint density at radius 1 is 1.35 bits per heavy atom. The van der Waals surface area contributed by atoms with Gasteiger partial charge in [-0.1, -0.05) is 6.07 Å². The normalized spacial score (nSPS) is 19.5. The second-order valence-corrected chi connectivity index (χ2v) is 8.67. The second kappa shape index (κ2) is 7.59. The topological polar surface area (TPSA) is 58.6 Å². The largest absolute Gasteiger partial charge is 0.383 e. The molecule has 0 aliphatic carbocycles. The Kier molecular flexibility index (Phi) is 6.00. The van der Waals surface area contributed by atoms with Gasteiger partial charge in [0.15, 0.2) is 14.9 Å². The maximum atomic E-state index is 11.8. The van der Waals surface area contributed by atoms with Crippen LogP contribution in [0.5, 0.6) is 0 Å². The van der Waals surface area contributed by atoms with E-state index in [0.717, 1.165) is 16.8 Å². The predicted octanol–water partition coefficient (Wildman–Crippen LogP) is 2.14. The van der Waals surface area contributed by atoms with Crippen molar-refractivity contribution in [3.05, 3.63) is 29.3 Å². The molecule has 0 unspecified atom stereocenters. The molecule has 1 saturated heterocycles. The average molecular weight is 357 g/mol. The molecule has 0 amide bonds. The monoisotopic (exact) mass is 356 g/mol. The van der Waals surface area contributed by atoms with E-state index in [4.69, 9.17) is 17.0 Å². The Morgan fingerprint density at radius 3 is 2.52 bits per heavy atom. The molecular formula is C16H24N2O3S2. The third-order valence-corrected chi connectivity index (χ3v) is 6.01. The van der Waals surface area contributed by atoms with Gasteiger partial charge in [0.2, 0.25) is 0 Å². The van der Waals surface area contributed by atoms with Gasteiger partial charge in [-0.3, -0.25) is 0 Å². The van der Waals surface area contributed by atoms with Crippen LogP contribution in [0.4, 0.5) is 5.69 Å². The first kappa shape index (κ1) is 18.2. The third kappa shape index (κ3) is 5.16. The summed E-state index contributed by atoms with van der Waals surface area (Å²) in [5.74, 6) is 0.388. The van der Waals surface area contributed by atoms with Gasteiger partial charge >= 0.3 is 0 Å². The van der Waals surface area contributed by atoms with Crippen LogP contribution in [0.3, 0.4) is 0 Å². The standard InChI is InChI=1S/C16H24N2O3S2/c1-12-8-13(2)10-14(9-12)17-16(22)18(5-6-21-3)15-4-7-23(19,20)11-15/h8-10,15H,4-7,11H2,1-3H3,(H,17,22)/t15-/m0/s1. The summed E-state index contributed by atoms with van der Waals surface area (Å²) in [4.78, 5) is 1.95. The zero-order valence-corrected chi connectivity index (χ0v) is 15.5. The highest BCUT2D eigenvalue weighted by Gasteiger charge is 2.33. The summed E-state index contributed by atoms with van der Waals surface area (Å²) in [5.41, 5.74) is 3.24. The number of benzene rings is 1. The number of rotatable bonds is 5. The molecule has 0 saturated carbocycles. The SMILES string of the molecule is COCCN(C(=S)Nc1cc(C)cc(C)c1)[C@H]1CCS(=O)(=O)C1. The van der Waals surface area contributed by atoms with Crippen molar-refractivity contribution in [3.8, 4) is 0 Å². The van der Waals surface area contributed by atoms with Crippen molar-refractivity contribution in [3.63, 3.8) is 0 Å². The first-order chi connectivity index (χ1) is 10.8. The minimum absolute atomic E-state index is 0.0824. The number of sulfone groups is 1. The van der Waals surface area contributed by atoms with Gasteiger partial charge in [-0.25, -0.2) is 8.42 Å². The molecule has 1 aliphatic heterocycles. The molecule has 23 heavy (non-hydrogen) atoms. The van der Waals surface area contributed by atoms with Crippen LogP contribution in [-0.2, 0) is 14.6 Å². The van der Waals surface area contributed by atoms with Crippen molar-refractivity contribution in [2.45, 2.75) is 26.3 Å². The molecule has 0 radical (unpaired) electrons. The zero-order chi connectivity index (χ0) is 17.0. The van der Waals surface area contributed by atoms with Crippen molar-refractivity contribution in [2.75, 3.05) is 37.1 Å². The highest BCUT2D eigenvalue weighted by molar-refractivity contribution is 7.91. The molecule has 1 fully saturated rings. The summed E-state index contributed by atoms with van der Waals surface area (Å²) in [5, 5.41) is 3.79. The van der Waals surface area contributed by atoms with Crippen LogP contribution >= 0.6 is 12.2 Å². The highest BCUT2D eigenvalue weighted by atomic mass is 32.2. The molecule has 1 aliphatic rings. The molecule has 0 aromatic heterocycles. The van der Waals surface area contributed by atoms with Crippen molar-refractivity contribution in [2.24, 2.45) is 0 Å². The fourth-order valence-corrected chi connectivity index (χ4v) is 4.99. The second-order valence-electron chi connectivity index (χ2n) is 6.05. The number of nitrogens with zero attached hydrogens (tertiary/aromatic N) is 1. The van der Waals surface area contributed by atoms with E-state index in [-0.39, 0.29) is 17.5 Å². The first-order valence-electron chi connectivity index (χ1n) is 7.66. The molecular weight excluding hydrogens is 332 g/mol. The van der Waals surface area contributed by atoms with Crippen LogP contribution in [0.25, 0.3) is 0 Å². The van der Waals surface area contributed by atoms with Gasteiger partial charge < -0.3 is 15.0 Å². The van der Waals surface area contributed by atoms with Crippen LogP contribution in [0.15, 0.2) is 18.2 Å². The smallest absolute Gasteiger partial charge is 0.173 e. The number of thiocarbonyl (C=S) groups is 1. The van der Waals surface area contributed by atoms with Gasteiger partial charge in [-0.15, -0.1) is 0 Å². The van der Waals surface area contributed by atoms with Gasteiger partial charge in [0, 0.05) is 25.4 Å². The Morgan fingerprint density at radius 2 is 2.00 bits per heavy atom. The van der Waals surface area contributed by atoms with E-state index in [1.807, 2.05) is 30.9 Å². The van der Waals surface area contributed by atoms with Crippen molar-refractivity contribution < 1.29 is 13.2 Å². The molecule has 1 atom stereocenters. The van der Waals surface area contributed by atoms with E-state index in [9.17, 15) is 8.42 Å². The van der Waals surface area contributed by atoms with Crippen LogP contribution in [-0.4, -0.2) is 56.2 Å². The Balaban J connectivity index is 2.13. The van der Waals surface area contributed by atoms with E-state index in [2.05, 4.69) is 11.4 Å². The molecule has 2 rings (SSSR count). The maximum absolute atomic E-state index is 11.8. The van der Waals surface area contributed by atoms with E-state index < -0.39 is 9.84 Å². The lowest BCUT2D eigenvalue weighted by Gasteiger charge is -2.31. The number of ether oxygens (including phenoxy) is 1. The van der Waals surface area contributed by atoms with Gasteiger partial charge in [-0.05, 0) is 55.7 Å². The molecule has 0 bridgehead atoms. The van der Waals surface area contributed by atoms with E-state index >= 15 is 0 Å². The minimum Gasteiger partial charge on any atom is -0.383 e. The minimum atomic E-state index is -2.96. The molecule has 1 N–H and O–H groups in total. The molecule has 1 heterocycles. The Labute approximate surface area is 143 Å². The summed E-state index contributed by atoms with van der Waals surface area (Å²) in [7, 11) is -1.33. The molecule has 0 spiro atoms. The lowest BCUT2D eigenvalue weighted by atomic mass is 10.1. The predicted molar refractivity (Wildman–Crippen MR) is 97.8 cm³/mol. The summed E-state index contributed by atoms with van der Waals surface area (Å²) in [6, 6.07) is 6.07. The summed E-state index contributed by atoms with van der Waals surface area (Å²) in [6.45, 7) is 5.15. The van der Waals surface area contributed by atoms with E-state index in [0.29, 0.717) is 24.7 Å². The van der Waals surface area contributed by atoms with Crippen molar-refractivity contribution in [1.82, 2.24) is 4.90 Å². The fourth-order valence-electron chi connectivity index (χ4n) is 2.90. The highest BCUT2D eigenvalue weighted by Crippen LogP contribution is 2.20. The van der Waals surface area contributed by atoms with Crippen LogP contribution in [0.2, 0.25) is 0 Å². The average Bonchev–Trinajstić information content (AvgIpc) is 2.78. The maximum Gasteiger partial charge on any atom is 0.173 e. The molecule has 1 aromatic carbocycles. The van der Waals surface area contributed by atoms with E-state index in [1.54, 1.807) is 7.11 Å². The number of hydrogen-bond acceptors (Lipinski definition) is 4. The number of methoxy groups -OCH3 is 1. The van der Waals surface area contributed by atoms with Crippen LogP contribution in [0, 0.1) is 13.8 Å². The summed E-state index contributed by atoms with van der Waals surface area (Å²) >= 11 is 5.53. The lowest BCUT2D eigenvalue weighted by Crippen LogP contribution is -2.45. The third-order valence-electron chi connectivity index (χ3n) is 3.92. The lowest BCUT2D eigenvalue weighted by molar-refractivity contribution is 0.166. The fraction of sp³-hybridized carbons (Fsp3) is 0.562. The quantitative estimate of drug-likeness (QED) is 0.816. The molecule has 5 nitrogen and oxygen atoms in total. The van der Waals surface area contributed by atoms with Gasteiger partial charge in [-0.2, -0.15) is 0 Å². The van der Waals surface area contributed by atoms with Gasteiger partial charge in [0.1, 0.15) is 0 Å². The number of hydrogen-bond donors (Lipinski definition) is 1. The zero-order valence-electron chi connectivity index (χ0n) is 13.8. The van der Waals surface area contributed by atoms with Crippen molar-refractivity contribution >= 4 is 32.9 Å². The molecule has 7 heteroatoms. The molecule has 1 aromatic rings. The van der Waals surface area contributed by atoms with Crippen molar-refractivity contribution in [1.29, 1.82) is 0 Å². The Hall–Kier alpha value is -1.18.